The zero-order chi connectivity index (χ0) is 12.1. The van der Waals surface area contributed by atoms with Crippen LogP contribution in [0.1, 0.15) is 18.9 Å². The third kappa shape index (κ3) is 3.80. The predicted octanol–water partition coefficient (Wildman–Crippen LogP) is 3.78. The lowest BCUT2D eigenvalue weighted by atomic mass is 10.1. The first-order valence-corrected chi connectivity index (χ1v) is 7.13. The van der Waals surface area contributed by atoms with Crippen LogP contribution >= 0.6 is 23.4 Å². The van der Waals surface area contributed by atoms with Gasteiger partial charge in [0.2, 0.25) is 0 Å². The Bertz CT molecular complexity index is 355. The Kier molecular flexibility index (Phi) is 5.29. The number of thioether (sulfide) groups is 1. The van der Waals surface area contributed by atoms with Gasteiger partial charge in [0.25, 0.3) is 0 Å². The van der Waals surface area contributed by atoms with E-state index in [1.165, 1.54) is 0 Å². The van der Waals surface area contributed by atoms with Crippen molar-refractivity contribution in [3.05, 3.63) is 22.7 Å². The van der Waals surface area contributed by atoms with Gasteiger partial charge in [0.1, 0.15) is 0 Å². The zero-order valence-electron chi connectivity index (χ0n) is 10.0. The van der Waals surface area contributed by atoms with Gasteiger partial charge in [0.05, 0.1) is 10.7 Å². The fourth-order valence-corrected chi connectivity index (χ4v) is 2.24. The molecular weight excluding hydrogens is 240 g/mol. The highest BCUT2D eigenvalue weighted by Gasteiger charge is 2.06. The molecule has 0 bridgehead atoms. The second-order valence-corrected chi connectivity index (χ2v) is 5.41. The summed E-state index contributed by atoms with van der Waals surface area (Å²) in [5, 5.41) is 4.08. The highest BCUT2D eigenvalue weighted by atomic mass is 35.5. The molecule has 1 atom stereocenters. The molecule has 4 heteroatoms. The molecule has 0 spiro atoms. The fraction of sp³-hybridized carbons (Fsp3) is 0.500. The van der Waals surface area contributed by atoms with E-state index in [4.69, 9.17) is 17.3 Å². The molecule has 1 aromatic rings. The lowest BCUT2D eigenvalue weighted by Gasteiger charge is -2.17. The Morgan fingerprint density at radius 3 is 2.81 bits per heavy atom. The van der Waals surface area contributed by atoms with Gasteiger partial charge in [-0.15, -0.1) is 0 Å². The molecule has 1 unspecified atom stereocenters. The smallest absolute Gasteiger partial charge is 0.0656 e. The van der Waals surface area contributed by atoms with Gasteiger partial charge in [-0.2, -0.15) is 11.8 Å². The van der Waals surface area contributed by atoms with E-state index in [0.29, 0.717) is 16.8 Å². The van der Waals surface area contributed by atoms with Gasteiger partial charge in [-0.1, -0.05) is 11.6 Å². The molecule has 1 aromatic carbocycles. The summed E-state index contributed by atoms with van der Waals surface area (Å²) >= 11 is 7.87. The van der Waals surface area contributed by atoms with Crippen LogP contribution in [0, 0.1) is 6.92 Å². The van der Waals surface area contributed by atoms with Crippen LogP contribution in [0.5, 0.6) is 0 Å². The summed E-state index contributed by atoms with van der Waals surface area (Å²) in [4.78, 5) is 0. The molecule has 0 amide bonds. The lowest BCUT2D eigenvalue weighted by Crippen LogP contribution is -2.16. The first kappa shape index (κ1) is 13.5. The fourth-order valence-electron chi connectivity index (χ4n) is 1.49. The second kappa shape index (κ2) is 6.26. The molecule has 16 heavy (non-hydrogen) atoms. The number of hydrogen-bond acceptors (Lipinski definition) is 3. The largest absolute Gasteiger partial charge is 0.398 e. The molecule has 0 radical (unpaired) electrons. The van der Waals surface area contributed by atoms with Crippen molar-refractivity contribution in [2.24, 2.45) is 0 Å². The van der Waals surface area contributed by atoms with Gasteiger partial charge in [-0.3, -0.25) is 0 Å². The number of benzene rings is 1. The summed E-state index contributed by atoms with van der Waals surface area (Å²) in [7, 11) is 0. The van der Waals surface area contributed by atoms with Crippen LogP contribution in [0.4, 0.5) is 11.4 Å². The Balaban J connectivity index is 2.69. The first-order chi connectivity index (χ1) is 7.54. The van der Waals surface area contributed by atoms with E-state index >= 15 is 0 Å². The number of rotatable bonds is 5. The van der Waals surface area contributed by atoms with Crippen LogP contribution in [0.15, 0.2) is 12.1 Å². The number of anilines is 2. The molecule has 0 aliphatic carbocycles. The molecule has 0 saturated heterocycles. The van der Waals surface area contributed by atoms with E-state index in [0.717, 1.165) is 23.4 Å². The van der Waals surface area contributed by atoms with Crippen LogP contribution < -0.4 is 11.1 Å². The van der Waals surface area contributed by atoms with Crippen LogP contribution in [0.3, 0.4) is 0 Å². The van der Waals surface area contributed by atoms with E-state index in [2.05, 4.69) is 18.5 Å². The summed E-state index contributed by atoms with van der Waals surface area (Å²) in [6, 6.07) is 4.26. The maximum absolute atomic E-state index is 6.00. The van der Waals surface area contributed by atoms with Gasteiger partial charge in [0.15, 0.2) is 0 Å². The normalized spacial score (nSPS) is 12.5. The maximum atomic E-state index is 6.00. The van der Waals surface area contributed by atoms with Gasteiger partial charge in [-0.05, 0) is 50.0 Å². The molecule has 1 rings (SSSR count). The van der Waals surface area contributed by atoms with E-state index in [1.54, 1.807) is 0 Å². The van der Waals surface area contributed by atoms with E-state index < -0.39 is 0 Å². The minimum Gasteiger partial charge on any atom is -0.398 e. The zero-order valence-corrected chi connectivity index (χ0v) is 11.6. The SMILES string of the molecule is CSCCC(C)Nc1cc(Cl)c(N)cc1C. The average Bonchev–Trinajstić information content (AvgIpc) is 2.23. The van der Waals surface area contributed by atoms with E-state index in [1.807, 2.05) is 30.8 Å². The van der Waals surface area contributed by atoms with Gasteiger partial charge < -0.3 is 11.1 Å². The summed E-state index contributed by atoms with van der Waals surface area (Å²) in [5.74, 6) is 1.16. The van der Waals surface area contributed by atoms with Crippen molar-refractivity contribution in [3.8, 4) is 0 Å². The highest BCUT2D eigenvalue weighted by Crippen LogP contribution is 2.27. The third-order valence-electron chi connectivity index (χ3n) is 2.50. The molecule has 0 aliphatic heterocycles. The topological polar surface area (TPSA) is 38.0 Å². The molecular formula is C12H19ClN2S. The van der Waals surface area contributed by atoms with E-state index in [-0.39, 0.29) is 0 Å². The molecule has 3 N–H and O–H groups in total. The molecule has 0 saturated carbocycles. The number of nitrogens with two attached hydrogens (primary N) is 1. The van der Waals surface area contributed by atoms with Crippen molar-refractivity contribution in [1.29, 1.82) is 0 Å². The minimum atomic E-state index is 0.450. The van der Waals surface area contributed by atoms with Crippen LogP contribution in [0.2, 0.25) is 5.02 Å². The predicted molar refractivity (Wildman–Crippen MR) is 76.7 cm³/mol. The number of hydrogen-bond donors (Lipinski definition) is 2. The van der Waals surface area contributed by atoms with Crippen LogP contribution in [-0.4, -0.2) is 18.1 Å². The Morgan fingerprint density at radius 1 is 1.50 bits per heavy atom. The average molecular weight is 259 g/mol. The number of nitrogen functional groups attached to an aromatic ring is 1. The van der Waals surface area contributed by atoms with Crippen LogP contribution in [0.25, 0.3) is 0 Å². The van der Waals surface area contributed by atoms with Crippen LogP contribution in [-0.2, 0) is 0 Å². The van der Waals surface area contributed by atoms with Crippen molar-refractivity contribution < 1.29 is 0 Å². The second-order valence-electron chi connectivity index (χ2n) is 4.02. The molecule has 2 nitrogen and oxygen atoms in total. The molecule has 0 aromatic heterocycles. The third-order valence-corrected chi connectivity index (χ3v) is 3.47. The highest BCUT2D eigenvalue weighted by molar-refractivity contribution is 7.98. The summed E-state index contributed by atoms with van der Waals surface area (Å²) < 4.78 is 0. The van der Waals surface area contributed by atoms with Gasteiger partial charge in [0, 0.05) is 11.7 Å². The molecule has 90 valence electrons. The summed E-state index contributed by atoms with van der Waals surface area (Å²) in [5.41, 5.74) is 8.59. The van der Waals surface area contributed by atoms with Crippen molar-refractivity contribution >= 4 is 34.7 Å². The summed E-state index contributed by atoms with van der Waals surface area (Å²) in [6.45, 7) is 4.22. The maximum Gasteiger partial charge on any atom is 0.0656 e. The van der Waals surface area contributed by atoms with Gasteiger partial charge in [-0.25, -0.2) is 0 Å². The Morgan fingerprint density at radius 2 is 2.19 bits per heavy atom. The van der Waals surface area contributed by atoms with Crippen molar-refractivity contribution in [2.45, 2.75) is 26.3 Å². The number of aryl methyl sites for hydroxylation is 1. The molecule has 0 aliphatic rings. The first-order valence-electron chi connectivity index (χ1n) is 5.35. The van der Waals surface area contributed by atoms with Crippen molar-refractivity contribution in [3.63, 3.8) is 0 Å². The standard InChI is InChI=1S/C12H19ClN2S/c1-8-6-11(14)10(13)7-12(8)15-9(2)4-5-16-3/h6-7,9,15H,4-5,14H2,1-3H3. The van der Waals surface area contributed by atoms with Gasteiger partial charge >= 0.3 is 0 Å². The van der Waals surface area contributed by atoms with Crippen molar-refractivity contribution in [2.75, 3.05) is 23.1 Å². The number of nitrogens with one attached hydrogen (secondary N) is 1. The lowest BCUT2D eigenvalue weighted by molar-refractivity contribution is 0.771. The molecule has 0 heterocycles. The van der Waals surface area contributed by atoms with Crippen molar-refractivity contribution in [1.82, 2.24) is 0 Å². The summed E-state index contributed by atoms with van der Waals surface area (Å²) in [6.07, 6.45) is 3.26. The Hall–Kier alpha value is -0.540. The number of halogens is 1. The minimum absolute atomic E-state index is 0.450. The molecule has 0 fully saturated rings. The monoisotopic (exact) mass is 258 g/mol. The van der Waals surface area contributed by atoms with E-state index in [9.17, 15) is 0 Å². The Labute approximate surface area is 107 Å². The quantitative estimate of drug-likeness (QED) is 0.790.